The molecule has 0 saturated carbocycles. The number of thiazole rings is 1. The van der Waals surface area contributed by atoms with Crippen LogP contribution < -0.4 is 26.8 Å². The summed E-state index contributed by atoms with van der Waals surface area (Å²) in [5.74, 6) is -0.454. The number of carbonyl (C=O) groups excluding carboxylic acids is 3. The molecular weight excluding hydrogens is 446 g/mol. The van der Waals surface area contributed by atoms with Crippen molar-refractivity contribution in [3.05, 3.63) is 43.7 Å². The van der Waals surface area contributed by atoms with Crippen molar-refractivity contribution < 1.29 is 14.4 Å². The second-order valence-electron chi connectivity index (χ2n) is 7.60. The number of amidine groups is 1. The molecule has 4 rings (SSSR count). The number of hydrogen-bond acceptors (Lipinski definition) is 8. The van der Waals surface area contributed by atoms with E-state index in [0.717, 1.165) is 15.9 Å². The van der Waals surface area contributed by atoms with E-state index in [0.29, 0.717) is 64.4 Å². The molecule has 4 N–H and O–H groups in total. The molecule has 0 unspecified atom stereocenters. The predicted octanol–water partition coefficient (Wildman–Crippen LogP) is 1.08. The highest BCUT2D eigenvalue weighted by molar-refractivity contribution is 7.90. The fourth-order valence-electron chi connectivity index (χ4n) is 3.80. The third-order valence-corrected chi connectivity index (χ3v) is 6.83. The molecule has 1 aromatic carbocycles. The van der Waals surface area contributed by atoms with Crippen LogP contribution in [0.2, 0.25) is 0 Å². The van der Waals surface area contributed by atoms with Gasteiger partial charge in [-0.25, -0.2) is 9.98 Å². The summed E-state index contributed by atoms with van der Waals surface area (Å²) in [6.45, 7) is 4.21. The molecule has 32 heavy (non-hydrogen) atoms. The number of rotatable bonds is 3. The Morgan fingerprint density at radius 1 is 1.28 bits per heavy atom. The summed E-state index contributed by atoms with van der Waals surface area (Å²) in [5, 5.41) is 8.39. The first-order chi connectivity index (χ1) is 15.3. The van der Waals surface area contributed by atoms with E-state index in [1.54, 1.807) is 12.1 Å². The maximum atomic E-state index is 13.1. The van der Waals surface area contributed by atoms with Gasteiger partial charge in [-0.05, 0) is 42.0 Å². The van der Waals surface area contributed by atoms with Crippen LogP contribution in [0, 0.1) is 6.92 Å². The number of hydrogen-bond donors (Lipinski definition) is 4. The van der Waals surface area contributed by atoms with Crippen LogP contribution in [0.15, 0.2) is 17.1 Å². The Balaban J connectivity index is 1.85. The van der Waals surface area contributed by atoms with Crippen molar-refractivity contribution in [2.24, 2.45) is 10.7 Å². The zero-order valence-electron chi connectivity index (χ0n) is 17.7. The van der Waals surface area contributed by atoms with Gasteiger partial charge in [-0.2, -0.15) is 0 Å². The highest BCUT2D eigenvalue weighted by atomic mass is 32.1. The molecule has 8 nitrogen and oxygen atoms in total. The topological polar surface area (TPSA) is 127 Å². The van der Waals surface area contributed by atoms with Gasteiger partial charge in [0.25, 0.3) is 5.91 Å². The lowest BCUT2D eigenvalue weighted by Gasteiger charge is -2.13. The van der Waals surface area contributed by atoms with E-state index in [4.69, 9.17) is 5.73 Å². The molecule has 2 aliphatic rings. The van der Waals surface area contributed by atoms with Crippen molar-refractivity contribution in [3.8, 4) is 0 Å². The molecule has 1 aromatic heterocycles. The van der Waals surface area contributed by atoms with E-state index in [-0.39, 0.29) is 17.3 Å². The van der Waals surface area contributed by atoms with Crippen molar-refractivity contribution in [2.75, 3.05) is 6.54 Å². The van der Waals surface area contributed by atoms with Crippen LogP contribution >= 0.6 is 24.0 Å². The van der Waals surface area contributed by atoms with Gasteiger partial charge in [-0.1, -0.05) is 6.92 Å². The number of nitrogens with zero attached hydrogens (tertiary/aromatic N) is 2. The predicted molar refractivity (Wildman–Crippen MR) is 128 cm³/mol. The first kappa shape index (κ1) is 22.2. The van der Waals surface area contributed by atoms with Crippen molar-refractivity contribution in [1.29, 1.82) is 0 Å². The first-order valence-electron chi connectivity index (χ1n) is 10.3. The molecule has 0 bridgehead atoms. The van der Waals surface area contributed by atoms with Crippen LogP contribution in [-0.4, -0.2) is 35.0 Å². The van der Waals surface area contributed by atoms with Gasteiger partial charge in [-0.3, -0.25) is 14.4 Å². The minimum Gasteiger partial charge on any atom is -0.381 e. The molecule has 2 aliphatic heterocycles. The second-order valence-corrected chi connectivity index (χ2v) is 9.34. The van der Waals surface area contributed by atoms with Crippen LogP contribution in [0.4, 0.5) is 5.69 Å². The standard InChI is InChI=1S/C22H23N5O3S2/c1-3-14-19(32-10(2)25-14)22(30)27-21-18-17-13(8-11(20(23)29)9-15(17)26-21)16(31)5-4-12(28)6-7-24-18/h8-9,24,31H,3-7H2,1-2H3,(H2,23,29)(H,26,27,30)/b16-13-. The fourth-order valence-corrected chi connectivity index (χ4v) is 4.99. The third-order valence-electron chi connectivity index (χ3n) is 5.36. The van der Waals surface area contributed by atoms with E-state index in [1.165, 1.54) is 11.3 Å². The zero-order chi connectivity index (χ0) is 23.0. The summed E-state index contributed by atoms with van der Waals surface area (Å²) in [6.07, 6.45) is 1.80. The largest absolute Gasteiger partial charge is 0.381 e. The number of nitrogens with one attached hydrogen (secondary N) is 2. The third kappa shape index (κ3) is 4.20. The van der Waals surface area contributed by atoms with E-state index in [2.05, 4.69) is 33.2 Å². The molecule has 0 saturated heterocycles. The number of benzene rings is 1. The number of nitrogens with two attached hydrogens (primary N) is 1. The van der Waals surface area contributed by atoms with Crippen LogP contribution in [0.1, 0.15) is 56.9 Å². The molecule has 3 heterocycles. The van der Waals surface area contributed by atoms with Crippen molar-refractivity contribution in [2.45, 2.75) is 39.5 Å². The summed E-state index contributed by atoms with van der Waals surface area (Å²) < 4.78 is 0. The number of aromatic nitrogens is 1. The number of aryl methyl sites for hydroxylation is 2. The van der Waals surface area contributed by atoms with Gasteiger partial charge >= 0.3 is 0 Å². The van der Waals surface area contributed by atoms with Gasteiger partial charge in [0.05, 0.1) is 22.1 Å². The fraction of sp³-hybridized carbons (Fsp3) is 0.318. The van der Waals surface area contributed by atoms with Crippen LogP contribution in [0.5, 0.6) is 0 Å². The maximum absolute atomic E-state index is 13.1. The van der Waals surface area contributed by atoms with Crippen LogP contribution in [-0.2, 0) is 11.2 Å². The zero-order valence-corrected chi connectivity index (χ0v) is 19.5. The number of carbonyl (C=O) groups is 3. The highest BCUT2D eigenvalue weighted by Crippen LogP contribution is 2.21. The molecule has 0 aliphatic carbocycles. The molecule has 166 valence electrons. The van der Waals surface area contributed by atoms with Crippen LogP contribution in [0.3, 0.4) is 0 Å². The average Bonchev–Trinajstić information content (AvgIpc) is 3.30. The summed E-state index contributed by atoms with van der Waals surface area (Å²) in [4.78, 5) is 47.4. The minimum atomic E-state index is -0.590. The van der Waals surface area contributed by atoms with E-state index >= 15 is 0 Å². The van der Waals surface area contributed by atoms with Crippen LogP contribution in [0.25, 0.3) is 10.6 Å². The Hall–Kier alpha value is -2.98. The number of Topliss-reactive ketones (excluding diaryl/α,β-unsaturated/α-hetero) is 1. The lowest BCUT2D eigenvalue weighted by Crippen LogP contribution is -2.41. The molecule has 0 spiro atoms. The van der Waals surface area contributed by atoms with Gasteiger partial charge in [-0.15, -0.1) is 24.0 Å². The summed E-state index contributed by atoms with van der Waals surface area (Å²) in [5.41, 5.74) is 7.67. The number of aliphatic imine (C=N–C) groups is 1. The van der Waals surface area contributed by atoms with Gasteiger partial charge in [0.15, 0.2) is 5.84 Å². The molecule has 0 atom stereocenters. The first-order valence-corrected chi connectivity index (χ1v) is 11.6. The number of amides is 2. The number of thiol groups is 1. The Bertz CT molecular complexity index is 1310. The summed E-state index contributed by atoms with van der Waals surface area (Å²) in [7, 11) is 0. The summed E-state index contributed by atoms with van der Waals surface area (Å²) in [6, 6.07) is 3.27. The van der Waals surface area contributed by atoms with Gasteiger partial charge in [0, 0.05) is 30.2 Å². The lowest BCUT2D eigenvalue weighted by molar-refractivity contribution is -0.118. The second kappa shape index (κ2) is 8.87. The Labute approximate surface area is 194 Å². The van der Waals surface area contributed by atoms with Gasteiger partial charge < -0.3 is 16.4 Å². The normalized spacial score (nSPS) is 17.4. The average molecular weight is 470 g/mol. The molecule has 0 fully saturated rings. The smallest absolute Gasteiger partial charge is 0.268 e. The SMILES string of the molecule is CCc1nc(C)sc1C(=O)NC1=Nc2cc(C(N)=O)c/c3c2=C1NCCC(=O)CC/C=3S. The van der Waals surface area contributed by atoms with Crippen molar-refractivity contribution in [1.82, 2.24) is 15.6 Å². The Morgan fingerprint density at radius 3 is 2.78 bits per heavy atom. The monoisotopic (exact) mass is 469 g/mol. The highest BCUT2D eigenvalue weighted by Gasteiger charge is 2.25. The quantitative estimate of drug-likeness (QED) is 0.501. The van der Waals surface area contributed by atoms with E-state index < -0.39 is 5.91 Å². The number of primary amides is 1. The molecular formula is C22H23N5O3S2. The lowest BCUT2D eigenvalue weighted by atomic mass is 10.0. The van der Waals surface area contributed by atoms with E-state index in [1.807, 2.05) is 13.8 Å². The summed E-state index contributed by atoms with van der Waals surface area (Å²) >= 11 is 5.95. The maximum Gasteiger partial charge on any atom is 0.268 e. The molecule has 2 amide bonds. The Kier molecular flexibility index (Phi) is 6.16. The van der Waals surface area contributed by atoms with Crippen molar-refractivity contribution >= 4 is 63.7 Å². The van der Waals surface area contributed by atoms with E-state index in [9.17, 15) is 14.4 Å². The molecule has 2 aromatic rings. The molecule has 0 radical (unpaired) electrons. The molecule has 10 heteroatoms. The van der Waals surface area contributed by atoms with Crippen molar-refractivity contribution in [3.63, 3.8) is 0 Å². The van der Waals surface area contributed by atoms with Gasteiger partial charge in [0.2, 0.25) is 5.91 Å². The Morgan fingerprint density at radius 2 is 2.06 bits per heavy atom. The minimum absolute atomic E-state index is 0.104. The van der Waals surface area contributed by atoms with Gasteiger partial charge in [0.1, 0.15) is 10.7 Å². The number of ketones is 1.